The smallest absolute Gasteiger partial charge is 0.225 e. The lowest BCUT2D eigenvalue weighted by molar-refractivity contribution is 0.266. The Kier molecular flexibility index (Phi) is 4.52. The lowest BCUT2D eigenvalue weighted by Crippen LogP contribution is -2.48. The Bertz CT molecular complexity index is 523. The van der Waals surface area contributed by atoms with Crippen molar-refractivity contribution < 1.29 is 0 Å². The molecule has 0 radical (unpaired) electrons. The number of rotatable bonds is 5. The van der Waals surface area contributed by atoms with E-state index in [4.69, 9.17) is 0 Å². The van der Waals surface area contributed by atoms with Crippen LogP contribution in [-0.4, -0.2) is 64.1 Å². The van der Waals surface area contributed by atoms with E-state index in [-0.39, 0.29) is 0 Å². The molecule has 0 saturated carbocycles. The second kappa shape index (κ2) is 6.94. The third kappa shape index (κ3) is 3.85. The lowest BCUT2D eigenvalue weighted by Gasteiger charge is -2.34. The van der Waals surface area contributed by atoms with Gasteiger partial charge in [-0.2, -0.15) is 0 Å². The molecular weight excluding hydrogens is 266 g/mol. The SMILES string of the molecule is c1cnc(NCCN2CCN(c3ncccn3)CC2)nc1. The highest BCUT2D eigenvalue weighted by Gasteiger charge is 2.18. The third-order valence-electron chi connectivity index (χ3n) is 3.48. The molecule has 0 unspecified atom stereocenters. The molecule has 3 heterocycles. The Balaban J connectivity index is 1.40. The number of hydrogen-bond acceptors (Lipinski definition) is 7. The molecule has 0 aromatic carbocycles. The minimum Gasteiger partial charge on any atom is -0.353 e. The zero-order chi connectivity index (χ0) is 14.3. The monoisotopic (exact) mass is 285 g/mol. The van der Waals surface area contributed by atoms with Crippen molar-refractivity contribution in [2.24, 2.45) is 0 Å². The van der Waals surface area contributed by atoms with Crippen LogP contribution in [0.4, 0.5) is 11.9 Å². The lowest BCUT2D eigenvalue weighted by atomic mass is 10.3. The highest BCUT2D eigenvalue weighted by Crippen LogP contribution is 2.09. The number of nitrogens with zero attached hydrogens (tertiary/aromatic N) is 6. The summed E-state index contributed by atoms with van der Waals surface area (Å²) in [5.74, 6) is 1.52. The maximum atomic E-state index is 4.30. The van der Waals surface area contributed by atoms with Crippen molar-refractivity contribution >= 4 is 11.9 Å². The van der Waals surface area contributed by atoms with Crippen LogP contribution in [0.25, 0.3) is 0 Å². The first-order valence-corrected chi connectivity index (χ1v) is 7.17. The van der Waals surface area contributed by atoms with Crippen molar-refractivity contribution in [2.45, 2.75) is 0 Å². The van der Waals surface area contributed by atoms with Gasteiger partial charge in [0.25, 0.3) is 0 Å². The first-order chi connectivity index (χ1) is 10.4. The highest BCUT2D eigenvalue weighted by atomic mass is 15.3. The maximum Gasteiger partial charge on any atom is 0.225 e. The van der Waals surface area contributed by atoms with Crippen molar-refractivity contribution in [2.75, 3.05) is 49.5 Å². The summed E-state index contributed by atoms with van der Waals surface area (Å²) in [6.45, 7) is 5.82. The molecule has 1 saturated heterocycles. The fraction of sp³-hybridized carbons (Fsp3) is 0.429. The minimum absolute atomic E-state index is 0.689. The van der Waals surface area contributed by atoms with Gasteiger partial charge in [-0.15, -0.1) is 0 Å². The van der Waals surface area contributed by atoms with E-state index in [1.54, 1.807) is 24.8 Å². The summed E-state index contributed by atoms with van der Waals surface area (Å²) >= 11 is 0. The van der Waals surface area contributed by atoms with Gasteiger partial charge in [0.2, 0.25) is 11.9 Å². The van der Waals surface area contributed by atoms with Gasteiger partial charge in [-0.1, -0.05) is 0 Å². The zero-order valence-electron chi connectivity index (χ0n) is 11.9. The molecule has 1 fully saturated rings. The van der Waals surface area contributed by atoms with Gasteiger partial charge in [0.05, 0.1) is 0 Å². The van der Waals surface area contributed by atoms with Gasteiger partial charge in [-0.25, -0.2) is 19.9 Å². The van der Waals surface area contributed by atoms with Gasteiger partial charge < -0.3 is 10.2 Å². The van der Waals surface area contributed by atoms with Crippen molar-refractivity contribution in [3.63, 3.8) is 0 Å². The molecule has 0 atom stereocenters. The van der Waals surface area contributed by atoms with E-state index in [0.29, 0.717) is 5.95 Å². The van der Waals surface area contributed by atoms with E-state index in [1.807, 2.05) is 12.1 Å². The highest BCUT2D eigenvalue weighted by molar-refractivity contribution is 5.29. The molecule has 7 heteroatoms. The Labute approximate surface area is 124 Å². The average Bonchev–Trinajstić information content (AvgIpc) is 2.57. The number of aromatic nitrogens is 4. The van der Waals surface area contributed by atoms with Crippen molar-refractivity contribution in [3.8, 4) is 0 Å². The van der Waals surface area contributed by atoms with Crippen LogP contribution in [-0.2, 0) is 0 Å². The van der Waals surface area contributed by atoms with Crippen LogP contribution in [0.3, 0.4) is 0 Å². The maximum absolute atomic E-state index is 4.30. The average molecular weight is 285 g/mol. The minimum atomic E-state index is 0.689. The van der Waals surface area contributed by atoms with Crippen LogP contribution in [0, 0.1) is 0 Å². The summed E-state index contributed by atoms with van der Waals surface area (Å²) in [5, 5.41) is 3.23. The molecule has 7 nitrogen and oxygen atoms in total. The normalized spacial score (nSPS) is 15.9. The van der Waals surface area contributed by atoms with Crippen LogP contribution in [0.5, 0.6) is 0 Å². The molecular formula is C14H19N7. The Morgan fingerprint density at radius 3 is 2.14 bits per heavy atom. The quantitative estimate of drug-likeness (QED) is 0.857. The largest absolute Gasteiger partial charge is 0.353 e. The molecule has 1 N–H and O–H groups in total. The van der Waals surface area contributed by atoms with E-state index in [2.05, 4.69) is 35.1 Å². The van der Waals surface area contributed by atoms with Gasteiger partial charge in [-0.05, 0) is 12.1 Å². The van der Waals surface area contributed by atoms with Gasteiger partial charge in [0, 0.05) is 64.1 Å². The van der Waals surface area contributed by atoms with Gasteiger partial charge >= 0.3 is 0 Å². The molecule has 0 amide bonds. The fourth-order valence-corrected chi connectivity index (χ4v) is 2.34. The first-order valence-electron chi connectivity index (χ1n) is 7.17. The number of nitrogens with one attached hydrogen (secondary N) is 1. The Morgan fingerprint density at radius 1 is 0.857 bits per heavy atom. The Morgan fingerprint density at radius 2 is 1.48 bits per heavy atom. The summed E-state index contributed by atoms with van der Waals surface area (Å²) in [5.41, 5.74) is 0. The van der Waals surface area contributed by atoms with Crippen molar-refractivity contribution in [1.82, 2.24) is 24.8 Å². The van der Waals surface area contributed by atoms with Gasteiger partial charge in [-0.3, -0.25) is 4.90 Å². The molecule has 0 spiro atoms. The van der Waals surface area contributed by atoms with Crippen molar-refractivity contribution in [3.05, 3.63) is 36.9 Å². The summed E-state index contributed by atoms with van der Waals surface area (Å²) in [4.78, 5) is 21.5. The molecule has 2 aromatic heterocycles. The molecule has 0 bridgehead atoms. The van der Waals surface area contributed by atoms with Crippen LogP contribution < -0.4 is 10.2 Å². The van der Waals surface area contributed by atoms with Crippen molar-refractivity contribution in [1.29, 1.82) is 0 Å². The second-order valence-electron chi connectivity index (χ2n) is 4.88. The standard InChI is InChI=1S/C14H19N7/c1-3-15-13(16-4-1)17-7-8-20-9-11-21(12-10-20)14-18-5-2-6-19-14/h1-6H,7-12H2,(H,15,16,17). The fourth-order valence-electron chi connectivity index (χ4n) is 2.34. The predicted octanol–water partition coefficient (Wildman–Crippen LogP) is 0.501. The van der Waals surface area contributed by atoms with Crippen LogP contribution in [0.1, 0.15) is 0 Å². The van der Waals surface area contributed by atoms with Gasteiger partial charge in [0.1, 0.15) is 0 Å². The van der Waals surface area contributed by atoms with Crippen LogP contribution in [0.15, 0.2) is 36.9 Å². The summed E-state index contributed by atoms with van der Waals surface area (Å²) in [7, 11) is 0. The number of hydrogen-bond donors (Lipinski definition) is 1. The molecule has 3 rings (SSSR count). The number of anilines is 2. The molecule has 1 aliphatic heterocycles. The molecule has 1 aliphatic rings. The van der Waals surface area contributed by atoms with E-state index in [1.165, 1.54) is 0 Å². The molecule has 21 heavy (non-hydrogen) atoms. The first kappa shape index (κ1) is 13.7. The molecule has 0 aliphatic carbocycles. The van der Waals surface area contributed by atoms with Crippen LogP contribution in [0.2, 0.25) is 0 Å². The van der Waals surface area contributed by atoms with E-state index in [0.717, 1.165) is 45.2 Å². The predicted molar refractivity (Wildman–Crippen MR) is 81.2 cm³/mol. The molecule has 2 aromatic rings. The summed E-state index contributed by atoms with van der Waals surface area (Å²) < 4.78 is 0. The Hall–Kier alpha value is -2.28. The second-order valence-corrected chi connectivity index (χ2v) is 4.88. The van der Waals surface area contributed by atoms with E-state index in [9.17, 15) is 0 Å². The van der Waals surface area contributed by atoms with Gasteiger partial charge in [0.15, 0.2) is 0 Å². The van der Waals surface area contributed by atoms with E-state index < -0.39 is 0 Å². The summed E-state index contributed by atoms with van der Waals surface area (Å²) in [6.07, 6.45) is 7.07. The number of piperazine rings is 1. The van der Waals surface area contributed by atoms with Crippen LogP contribution >= 0.6 is 0 Å². The van der Waals surface area contributed by atoms with E-state index >= 15 is 0 Å². The third-order valence-corrected chi connectivity index (χ3v) is 3.48. The summed E-state index contributed by atoms with van der Waals surface area (Å²) in [6, 6.07) is 3.66. The zero-order valence-corrected chi connectivity index (χ0v) is 11.9. The topological polar surface area (TPSA) is 70.1 Å². The molecule has 110 valence electrons.